The monoisotopic (exact) mass is 270 g/mol. The number of hydrazone groups is 1. The molecule has 3 rings (SSSR count). The summed E-state index contributed by atoms with van der Waals surface area (Å²) in [7, 11) is 0. The molecular weight excluding hydrogens is 248 g/mol. The molecule has 1 fully saturated rings. The summed E-state index contributed by atoms with van der Waals surface area (Å²) in [5.41, 5.74) is 5.67. The van der Waals surface area contributed by atoms with Crippen LogP contribution in [0.25, 0.3) is 0 Å². The largest absolute Gasteiger partial charge is 0.306 e. The van der Waals surface area contributed by atoms with Crippen LogP contribution in [-0.2, 0) is 11.2 Å². The van der Waals surface area contributed by atoms with E-state index in [2.05, 4.69) is 48.6 Å². The van der Waals surface area contributed by atoms with Gasteiger partial charge in [-0.3, -0.25) is 4.79 Å². The van der Waals surface area contributed by atoms with Gasteiger partial charge in [-0.15, -0.1) is 0 Å². The zero-order valence-electron chi connectivity index (χ0n) is 12.2. The van der Waals surface area contributed by atoms with E-state index in [4.69, 9.17) is 0 Å². The van der Waals surface area contributed by atoms with Crippen LogP contribution in [0.4, 0.5) is 0 Å². The van der Waals surface area contributed by atoms with Crippen molar-refractivity contribution in [1.82, 2.24) is 5.43 Å². The zero-order valence-corrected chi connectivity index (χ0v) is 12.2. The van der Waals surface area contributed by atoms with Gasteiger partial charge >= 0.3 is 0 Å². The van der Waals surface area contributed by atoms with Crippen LogP contribution in [0.15, 0.2) is 35.4 Å². The molecule has 0 amide bonds. The Bertz CT molecular complexity index is 533. The molecule has 0 unspecified atom stereocenters. The second kappa shape index (κ2) is 5.04. The first-order chi connectivity index (χ1) is 9.55. The van der Waals surface area contributed by atoms with Gasteiger partial charge in [-0.05, 0) is 30.2 Å². The lowest BCUT2D eigenvalue weighted by Crippen LogP contribution is -2.45. The highest BCUT2D eigenvalue weighted by molar-refractivity contribution is 6.07. The minimum absolute atomic E-state index is 0.0201. The van der Waals surface area contributed by atoms with Gasteiger partial charge in [0.1, 0.15) is 5.78 Å². The van der Waals surface area contributed by atoms with Crippen molar-refractivity contribution in [2.24, 2.45) is 16.4 Å². The lowest BCUT2D eigenvalue weighted by Gasteiger charge is -2.36. The number of hydrogen-bond acceptors (Lipinski definition) is 3. The van der Waals surface area contributed by atoms with Crippen LogP contribution in [0.3, 0.4) is 0 Å². The third-order valence-electron chi connectivity index (χ3n) is 4.42. The normalized spacial score (nSPS) is 27.7. The Morgan fingerprint density at radius 3 is 2.75 bits per heavy atom. The van der Waals surface area contributed by atoms with Gasteiger partial charge < -0.3 is 5.43 Å². The number of ketones is 1. The second-order valence-electron chi connectivity index (χ2n) is 6.81. The van der Waals surface area contributed by atoms with Gasteiger partial charge in [0, 0.05) is 6.42 Å². The Morgan fingerprint density at radius 2 is 2.00 bits per heavy atom. The number of rotatable bonds is 3. The average Bonchev–Trinajstić information content (AvgIpc) is 2.79. The zero-order chi connectivity index (χ0) is 14.2. The van der Waals surface area contributed by atoms with Gasteiger partial charge in [0.2, 0.25) is 0 Å². The van der Waals surface area contributed by atoms with Crippen molar-refractivity contribution in [1.29, 1.82) is 0 Å². The third kappa shape index (κ3) is 2.62. The van der Waals surface area contributed by atoms with Gasteiger partial charge in [-0.1, -0.05) is 44.2 Å². The first kappa shape index (κ1) is 13.3. The molecule has 1 N–H and O–H groups in total. The second-order valence-corrected chi connectivity index (χ2v) is 6.81. The SMILES string of the molecule is CC1(C)CC(=O)[C@H]2C(CCc3ccccc3)=NN[C@@H]2C1. The maximum atomic E-state index is 12.4. The van der Waals surface area contributed by atoms with Crippen molar-refractivity contribution in [3.63, 3.8) is 0 Å². The van der Waals surface area contributed by atoms with Gasteiger partial charge in [0.15, 0.2) is 0 Å². The minimum Gasteiger partial charge on any atom is -0.306 e. The molecule has 2 atom stereocenters. The molecule has 0 saturated heterocycles. The van der Waals surface area contributed by atoms with Gasteiger partial charge in [0.25, 0.3) is 0 Å². The summed E-state index contributed by atoms with van der Waals surface area (Å²) in [5, 5.41) is 4.46. The predicted molar refractivity (Wildman–Crippen MR) is 80.6 cm³/mol. The summed E-state index contributed by atoms with van der Waals surface area (Å²) in [6.07, 6.45) is 3.55. The number of Topliss-reactive ketones (excluding diaryl/α,β-unsaturated/α-hetero) is 1. The van der Waals surface area contributed by atoms with Gasteiger partial charge in [0.05, 0.1) is 17.7 Å². The first-order valence-corrected chi connectivity index (χ1v) is 7.44. The highest BCUT2D eigenvalue weighted by Gasteiger charge is 2.45. The first-order valence-electron chi connectivity index (χ1n) is 7.44. The standard InChI is InChI=1S/C17H22N2O/c1-17(2)10-14-16(15(20)11-17)13(18-19-14)9-8-12-6-4-3-5-7-12/h3-7,14,16,19H,8-11H2,1-2H3/t14-,16+/m1/s1. The Morgan fingerprint density at radius 1 is 1.25 bits per heavy atom. The Balaban J connectivity index is 1.66. The van der Waals surface area contributed by atoms with Crippen LogP contribution in [0, 0.1) is 11.3 Å². The summed E-state index contributed by atoms with van der Waals surface area (Å²) < 4.78 is 0. The van der Waals surface area contributed by atoms with Crippen LogP contribution in [0.2, 0.25) is 0 Å². The number of carbonyl (C=O) groups excluding carboxylic acids is 1. The van der Waals surface area contributed by atoms with Gasteiger partial charge in [-0.2, -0.15) is 5.10 Å². The van der Waals surface area contributed by atoms with E-state index in [1.807, 2.05) is 6.07 Å². The van der Waals surface area contributed by atoms with Gasteiger partial charge in [-0.25, -0.2) is 0 Å². The quantitative estimate of drug-likeness (QED) is 0.917. The molecule has 1 aliphatic carbocycles. The highest BCUT2D eigenvalue weighted by atomic mass is 16.1. The summed E-state index contributed by atoms with van der Waals surface area (Å²) in [6.45, 7) is 4.34. The van der Waals surface area contributed by atoms with Crippen molar-refractivity contribution < 1.29 is 4.79 Å². The summed E-state index contributed by atoms with van der Waals surface area (Å²) in [5.74, 6) is 0.384. The summed E-state index contributed by atoms with van der Waals surface area (Å²) >= 11 is 0. The molecule has 1 saturated carbocycles. The lowest BCUT2D eigenvalue weighted by molar-refractivity contribution is -0.126. The van der Waals surface area contributed by atoms with E-state index < -0.39 is 0 Å². The maximum absolute atomic E-state index is 12.4. The molecule has 0 bridgehead atoms. The van der Waals surface area contributed by atoms with Crippen molar-refractivity contribution in [3.8, 4) is 0 Å². The lowest BCUT2D eigenvalue weighted by atomic mass is 9.68. The number of aryl methyl sites for hydroxylation is 1. The molecule has 1 aromatic carbocycles. The summed E-state index contributed by atoms with van der Waals surface area (Å²) in [4.78, 5) is 12.4. The minimum atomic E-state index is 0.0201. The van der Waals surface area contributed by atoms with Crippen LogP contribution in [0.5, 0.6) is 0 Å². The molecule has 1 aromatic rings. The van der Waals surface area contributed by atoms with E-state index in [9.17, 15) is 4.79 Å². The molecule has 1 heterocycles. The van der Waals surface area contributed by atoms with Crippen LogP contribution in [0.1, 0.15) is 38.7 Å². The van der Waals surface area contributed by atoms with E-state index >= 15 is 0 Å². The van der Waals surface area contributed by atoms with E-state index in [1.54, 1.807) is 0 Å². The van der Waals surface area contributed by atoms with E-state index in [0.29, 0.717) is 12.2 Å². The topological polar surface area (TPSA) is 41.5 Å². The van der Waals surface area contributed by atoms with Crippen molar-refractivity contribution >= 4 is 11.5 Å². The fourth-order valence-corrected chi connectivity index (χ4v) is 3.49. The van der Waals surface area contributed by atoms with Crippen LogP contribution in [-0.4, -0.2) is 17.5 Å². The predicted octanol–water partition coefficient (Wildman–Crippen LogP) is 2.95. The Labute approximate surface area is 120 Å². The van der Waals surface area contributed by atoms with Crippen molar-refractivity contribution in [2.45, 2.75) is 45.6 Å². The number of fused-ring (bicyclic) bond motifs is 1. The number of hydrogen-bond donors (Lipinski definition) is 1. The molecule has 3 heteroatoms. The molecule has 0 aromatic heterocycles. The maximum Gasteiger partial charge on any atom is 0.144 e. The summed E-state index contributed by atoms with van der Waals surface area (Å²) in [6, 6.07) is 10.6. The number of carbonyl (C=O) groups is 1. The Hall–Kier alpha value is -1.64. The van der Waals surface area contributed by atoms with Crippen molar-refractivity contribution in [2.75, 3.05) is 0 Å². The molecule has 20 heavy (non-hydrogen) atoms. The number of benzene rings is 1. The van der Waals surface area contributed by atoms with Crippen LogP contribution >= 0.6 is 0 Å². The molecule has 2 aliphatic rings. The van der Waals surface area contributed by atoms with E-state index in [0.717, 1.165) is 25.0 Å². The molecule has 0 spiro atoms. The van der Waals surface area contributed by atoms with Crippen molar-refractivity contribution in [3.05, 3.63) is 35.9 Å². The van der Waals surface area contributed by atoms with Crippen LogP contribution < -0.4 is 5.43 Å². The number of nitrogens with one attached hydrogen (secondary N) is 1. The fourth-order valence-electron chi connectivity index (χ4n) is 3.49. The average molecular weight is 270 g/mol. The molecular formula is C17H22N2O. The van der Waals surface area contributed by atoms with E-state index in [1.165, 1.54) is 5.56 Å². The third-order valence-corrected chi connectivity index (χ3v) is 4.42. The molecule has 0 radical (unpaired) electrons. The molecule has 106 valence electrons. The number of nitrogens with zero attached hydrogens (tertiary/aromatic N) is 1. The fraction of sp³-hybridized carbons (Fsp3) is 0.529. The molecule has 3 nitrogen and oxygen atoms in total. The Kier molecular flexibility index (Phi) is 3.36. The highest BCUT2D eigenvalue weighted by Crippen LogP contribution is 2.39. The molecule has 1 aliphatic heterocycles. The smallest absolute Gasteiger partial charge is 0.144 e. The van der Waals surface area contributed by atoms with E-state index in [-0.39, 0.29) is 17.4 Å².